The van der Waals surface area contributed by atoms with E-state index in [9.17, 15) is 4.79 Å². The Bertz CT molecular complexity index is 661. The van der Waals surface area contributed by atoms with Crippen LogP contribution in [0.3, 0.4) is 0 Å². The van der Waals surface area contributed by atoms with Gasteiger partial charge >= 0.3 is 0 Å². The summed E-state index contributed by atoms with van der Waals surface area (Å²) in [4.78, 5) is 23.3. The Morgan fingerprint density at radius 2 is 2.38 bits per heavy atom. The Labute approximate surface area is 135 Å². The number of pyridine rings is 1. The van der Waals surface area contributed by atoms with E-state index in [4.69, 9.17) is 4.74 Å². The molecular formula is C14H14BrN3O2S. The molecule has 0 saturated carbocycles. The number of hydrogen-bond acceptors (Lipinski definition) is 5. The summed E-state index contributed by atoms with van der Waals surface area (Å²) in [5, 5.41) is 0. The fourth-order valence-electron chi connectivity index (χ4n) is 2.28. The molecular weight excluding hydrogens is 354 g/mol. The number of amides is 1. The fourth-order valence-corrected chi connectivity index (χ4v) is 3.39. The third-order valence-electron chi connectivity index (χ3n) is 3.38. The number of carbonyl (C=O) groups excluding carboxylic acids is 1. The second kappa shape index (κ2) is 6.11. The highest BCUT2D eigenvalue weighted by Gasteiger charge is 2.30. The monoisotopic (exact) mass is 367 g/mol. The number of hydrogen-bond donors (Lipinski definition) is 0. The zero-order chi connectivity index (χ0) is 14.8. The van der Waals surface area contributed by atoms with Crippen LogP contribution in [0.4, 0.5) is 0 Å². The molecule has 0 bridgehead atoms. The minimum atomic E-state index is -0.0200. The number of nitrogens with zero attached hydrogens (tertiary/aromatic N) is 3. The average Bonchev–Trinajstić information content (AvgIpc) is 3.10. The third kappa shape index (κ3) is 3.08. The van der Waals surface area contributed by atoms with Crippen molar-refractivity contribution in [2.45, 2.75) is 19.4 Å². The molecule has 1 unspecified atom stereocenters. The van der Waals surface area contributed by atoms with Gasteiger partial charge in [0.2, 0.25) is 5.88 Å². The van der Waals surface area contributed by atoms with E-state index < -0.39 is 0 Å². The van der Waals surface area contributed by atoms with Crippen LogP contribution in [0.25, 0.3) is 0 Å². The molecule has 0 N–H and O–H groups in total. The Balaban J connectivity index is 1.65. The molecule has 2 aromatic heterocycles. The summed E-state index contributed by atoms with van der Waals surface area (Å²) in [7, 11) is 0. The standard InChI is InChI=1S/C14H14BrN3O2S/c1-9-12(21-8-17-9)14(19)18-6-4-10(7-18)20-13-11(15)3-2-5-16-13/h2-3,5,8,10H,4,6-7H2,1H3. The number of aromatic nitrogens is 2. The van der Waals surface area contributed by atoms with E-state index in [1.165, 1.54) is 11.3 Å². The summed E-state index contributed by atoms with van der Waals surface area (Å²) < 4.78 is 6.70. The first-order valence-electron chi connectivity index (χ1n) is 6.61. The van der Waals surface area contributed by atoms with Gasteiger partial charge in [0, 0.05) is 19.2 Å². The number of halogens is 1. The van der Waals surface area contributed by atoms with Crippen molar-refractivity contribution in [3.8, 4) is 5.88 Å². The normalized spacial score (nSPS) is 18.0. The van der Waals surface area contributed by atoms with Gasteiger partial charge in [-0.1, -0.05) is 0 Å². The predicted octanol–water partition coefficient (Wildman–Crippen LogP) is 2.90. The van der Waals surface area contributed by atoms with E-state index in [0.717, 1.165) is 21.5 Å². The molecule has 21 heavy (non-hydrogen) atoms. The smallest absolute Gasteiger partial charge is 0.265 e. The molecule has 5 nitrogen and oxygen atoms in total. The molecule has 110 valence electrons. The van der Waals surface area contributed by atoms with Gasteiger partial charge < -0.3 is 9.64 Å². The van der Waals surface area contributed by atoms with E-state index in [1.54, 1.807) is 11.7 Å². The Hall–Kier alpha value is -1.47. The van der Waals surface area contributed by atoms with Crippen LogP contribution in [0, 0.1) is 6.92 Å². The first-order chi connectivity index (χ1) is 10.1. The van der Waals surface area contributed by atoms with Gasteiger partial charge in [-0.15, -0.1) is 11.3 Å². The summed E-state index contributed by atoms with van der Waals surface area (Å²) in [6, 6.07) is 3.73. The molecule has 1 saturated heterocycles. The second-order valence-corrected chi connectivity index (χ2v) is 6.55. The molecule has 1 aliphatic heterocycles. The number of rotatable bonds is 3. The van der Waals surface area contributed by atoms with Crippen molar-refractivity contribution in [2.24, 2.45) is 0 Å². The summed E-state index contributed by atoms with van der Waals surface area (Å²) >= 11 is 4.80. The van der Waals surface area contributed by atoms with Crippen LogP contribution in [0.1, 0.15) is 21.8 Å². The molecule has 1 aliphatic rings. The van der Waals surface area contributed by atoms with Crippen LogP contribution < -0.4 is 4.74 Å². The lowest BCUT2D eigenvalue weighted by molar-refractivity contribution is 0.0775. The van der Waals surface area contributed by atoms with Gasteiger partial charge in [0.25, 0.3) is 5.91 Å². The Morgan fingerprint density at radius 3 is 3.10 bits per heavy atom. The van der Waals surface area contributed by atoms with E-state index >= 15 is 0 Å². The molecule has 0 spiro atoms. The molecule has 7 heteroatoms. The summed E-state index contributed by atoms with van der Waals surface area (Å²) in [6.07, 6.45) is 2.49. The van der Waals surface area contributed by atoms with Gasteiger partial charge in [-0.3, -0.25) is 4.79 Å². The zero-order valence-electron chi connectivity index (χ0n) is 11.5. The molecule has 2 aromatic rings. The molecule has 0 aromatic carbocycles. The van der Waals surface area contributed by atoms with Crippen LogP contribution >= 0.6 is 27.3 Å². The molecule has 0 radical (unpaired) electrons. The van der Waals surface area contributed by atoms with Crippen molar-refractivity contribution < 1.29 is 9.53 Å². The highest BCUT2D eigenvalue weighted by molar-refractivity contribution is 9.10. The third-order valence-corrected chi connectivity index (χ3v) is 4.90. The number of carbonyl (C=O) groups is 1. The van der Waals surface area contributed by atoms with Crippen LogP contribution in [-0.4, -0.2) is 40.0 Å². The number of thiazole rings is 1. The van der Waals surface area contributed by atoms with Crippen LogP contribution in [0.5, 0.6) is 5.88 Å². The molecule has 3 rings (SSSR count). The first kappa shape index (κ1) is 14.5. The van der Waals surface area contributed by atoms with Gasteiger partial charge in [0.05, 0.1) is 22.2 Å². The van der Waals surface area contributed by atoms with E-state index in [1.807, 2.05) is 24.0 Å². The highest BCUT2D eigenvalue weighted by Crippen LogP contribution is 2.25. The zero-order valence-corrected chi connectivity index (χ0v) is 13.9. The summed E-state index contributed by atoms with van der Waals surface area (Å²) in [5.74, 6) is 0.618. The van der Waals surface area contributed by atoms with Crippen molar-refractivity contribution in [1.82, 2.24) is 14.9 Å². The minimum Gasteiger partial charge on any atom is -0.472 e. The van der Waals surface area contributed by atoms with Crippen molar-refractivity contribution in [3.05, 3.63) is 38.9 Å². The van der Waals surface area contributed by atoms with Gasteiger partial charge in [-0.05, 0) is 35.0 Å². The quantitative estimate of drug-likeness (QED) is 0.836. The van der Waals surface area contributed by atoms with Crippen molar-refractivity contribution in [2.75, 3.05) is 13.1 Å². The second-order valence-electron chi connectivity index (χ2n) is 4.84. The maximum absolute atomic E-state index is 12.4. The van der Waals surface area contributed by atoms with Crippen LogP contribution in [-0.2, 0) is 0 Å². The minimum absolute atomic E-state index is 0.0200. The SMILES string of the molecule is Cc1ncsc1C(=O)N1CCC(Oc2ncccc2Br)C1. The van der Waals surface area contributed by atoms with E-state index in [0.29, 0.717) is 19.0 Å². The van der Waals surface area contributed by atoms with Crippen LogP contribution in [0.2, 0.25) is 0 Å². The molecule has 3 heterocycles. The fraction of sp³-hybridized carbons (Fsp3) is 0.357. The van der Waals surface area contributed by atoms with Gasteiger partial charge in [-0.25, -0.2) is 9.97 Å². The largest absolute Gasteiger partial charge is 0.472 e. The average molecular weight is 368 g/mol. The van der Waals surface area contributed by atoms with Gasteiger partial charge in [0.1, 0.15) is 11.0 Å². The lowest BCUT2D eigenvalue weighted by Gasteiger charge is -2.16. The van der Waals surface area contributed by atoms with Crippen molar-refractivity contribution in [3.63, 3.8) is 0 Å². The topological polar surface area (TPSA) is 55.3 Å². The van der Waals surface area contributed by atoms with E-state index in [2.05, 4.69) is 25.9 Å². The van der Waals surface area contributed by atoms with Crippen molar-refractivity contribution in [1.29, 1.82) is 0 Å². The lowest BCUT2D eigenvalue weighted by Crippen LogP contribution is -2.31. The Kier molecular flexibility index (Phi) is 4.21. The first-order valence-corrected chi connectivity index (χ1v) is 8.29. The summed E-state index contributed by atoms with van der Waals surface area (Å²) in [5.41, 5.74) is 2.50. The maximum atomic E-state index is 12.4. The molecule has 1 fully saturated rings. The van der Waals surface area contributed by atoms with Gasteiger partial charge in [-0.2, -0.15) is 0 Å². The van der Waals surface area contributed by atoms with Crippen LogP contribution in [0.15, 0.2) is 28.3 Å². The molecule has 1 amide bonds. The van der Waals surface area contributed by atoms with E-state index in [-0.39, 0.29) is 12.0 Å². The van der Waals surface area contributed by atoms with Crippen molar-refractivity contribution >= 4 is 33.2 Å². The number of ether oxygens (including phenoxy) is 1. The maximum Gasteiger partial charge on any atom is 0.265 e. The number of likely N-dealkylation sites (tertiary alicyclic amines) is 1. The van der Waals surface area contributed by atoms with Gasteiger partial charge in [0.15, 0.2) is 0 Å². The Morgan fingerprint density at radius 1 is 1.52 bits per heavy atom. The number of aryl methyl sites for hydroxylation is 1. The molecule has 1 atom stereocenters. The predicted molar refractivity (Wildman–Crippen MR) is 83.7 cm³/mol. The highest BCUT2D eigenvalue weighted by atomic mass is 79.9. The summed E-state index contributed by atoms with van der Waals surface area (Å²) in [6.45, 7) is 3.14. The molecule has 0 aliphatic carbocycles. The lowest BCUT2D eigenvalue weighted by atomic mass is 10.3.